The van der Waals surface area contributed by atoms with E-state index >= 15 is 0 Å². The highest BCUT2D eigenvalue weighted by Gasteiger charge is 2.19. The maximum atomic E-state index is 10.9. The Morgan fingerprint density at radius 1 is 1.43 bits per heavy atom. The van der Waals surface area contributed by atoms with Crippen molar-refractivity contribution >= 4 is 5.91 Å². The average molecular weight is 191 g/mol. The van der Waals surface area contributed by atoms with Gasteiger partial charge in [0.2, 0.25) is 5.91 Å². The molecule has 0 aliphatic carbocycles. The van der Waals surface area contributed by atoms with E-state index in [0.717, 1.165) is 12.0 Å². The Hall–Kier alpha value is -1.51. The molecule has 1 atom stereocenters. The number of benzene rings is 1. The highest BCUT2D eigenvalue weighted by molar-refractivity contribution is 5.76. The summed E-state index contributed by atoms with van der Waals surface area (Å²) >= 11 is 0. The molecular formula is C11H13NO2. The molecule has 1 amide bonds. The zero-order valence-corrected chi connectivity index (χ0v) is 7.86. The van der Waals surface area contributed by atoms with E-state index in [0.29, 0.717) is 24.6 Å². The lowest BCUT2D eigenvalue weighted by atomic mass is 9.91. The molecule has 0 bridgehead atoms. The van der Waals surface area contributed by atoms with Crippen LogP contribution in [-0.4, -0.2) is 17.6 Å². The van der Waals surface area contributed by atoms with Gasteiger partial charge >= 0.3 is 0 Å². The summed E-state index contributed by atoms with van der Waals surface area (Å²) in [5.74, 6) is 0.764. The summed E-state index contributed by atoms with van der Waals surface area (Å²) in [6.07, 6.45) is 1.45. The number of piperidine rings is 1. The minimum Gasteiger partial charge on any atom is -0.508 e. The van der Waals surface area contributed by atoms with Gasteiger partial charge in [0.05, 0.1) is 0 Å². The number of rotatable bonds is 1. The SMILES string of the molecule is O=C1CCC(c2cccc(O)c2)CN1. The van der Waals surface area contributed by atoms with E-state index in [-0.39, 0.29) is 5.91 Å². The van der Waals surface area contributed by atoms with Crippen LogP contribution in [0.3, 0.4) is 0 Å². The molecule has 0 aromatic heterocycles. The van der Waals surface area contributed by atoms with Crippen LogP contribution in [0.25, 0.3) is 0 Å². The molecule has 1 aliphatic heterocycles. The van der Waals surface area contributed by atoms with Crippen molar-refractivity contribution in [1.82, 2.24) is 5.32 Å². The van der Waals surface area contributed by atoms with Gasteiger partial charge in [0.1, 0.15) is 5.75 Å². The van der Waals surface area contributed by atoms with Crippen molar-refractivity contribution in [2.24, 2.45) is 0 Å². The molecule has 14 heavy (non-hydrogen) atoms. The van der Waals surface area contributed by atoms with Crippen molar-refractivity contribution in [1.29, 1.82) is 0 Å². The van der Waals surface area contributed by atoms with Gasteiger partial charge in [-0.25, -0.2) is 0 Å². The predicted molar refractivity (Wildman–Crippen MR) is 53.1 cm³/mol. The van der Waals surface area contributed by atoms with Gasteiger partial charge in [-0.3, -0.25) is 4.79 Å². The number of aromatic hydroxyl groups is 1. The normalized spacial score (nSPS) is 21.7. The smallest absolute Gasteiger partial charge is 0.220 e. The van der Waals surface area contributed by atoms with E-state index in [2.05, 4.69) is 5.32 Å². The molecule has 2 N–H and O–H groups in total. The fourth-order valence-electron chi connectivity index (χ4n) is 1.80. The van der Waals surface area contributed by atoms with Crippen molar-refractivity contribution in [3.05, 3.63) is 29.8 Å². The third-order valence-electron chi connectivity index (χ3n) is 2.61. The zero-order chi connectivity index (χ0) is 9.97. The number of amides is 1. The van der Waals surface area contributed by atoms with Crippen LogP contribution < -0.4 is 5.32 Å². The Kier molecular flexibility index (Phi) is 2.39. The molecule has 1 fully saturated rings. The van der Waals surface area contributed by atoms with Gasteiger partial charge in [0.15, 0.2) is 0 Å². The second-order valence-corrected chi connectivity index (χ2v) is 3.63. The summed E-state index contributed by atoms with van der Waals surface area (Å²) in [5.41, 5.74) is 1.10. The third kappa shape index (κ3) is 1.87. The van der Waals surface area contributed by atoms with E-state index < -0.39 is 0 Å². The fourth-order valence-corrected chi connectivity index (χ4v) is 1.80. The molecule has 2 rings (SSSR count). The van der Waals surface area contributed by atoms with Gasteiger partial charge in [-0.1, -0.05) is 12.1 Å². The Morgan fingerprint density at radius 2 is 2.29 bits per heavy atom. The highest BCUT2D eigenvalue weighted by Crippen LogP contribution is 2.25. The van der Waals surface area contributed by atoms with Crippen LogP contribution in [0, 0.1) is 0 Å². The molecule has 0 spiro atoms. The lowest BCUT2D eigenvalue weighted by Gasteiger charge is -2.22. The number of hydrogen-bond donors (Lipinski definition) is 2. The molecule has 1 aromatic carbocycles. The molecule has 1 heterocycles. The van der Waals surface area contributed by atoms with Crippen LogP contribution in [0.15, 0.2) is 24.3 Å². The molecule has 3 nitrogen and oxygen atoms in total. The number of phenolic OH excluding ortho intramolecular Hbond substituents is 1. The minimum atomic E-state index is 0.126. The standard InChI is InChI=1S/C11H13NO2/c13-10-3-1-2-8(6-10)9-4-5-11(14)12-7-9/h1-3,6,9,13H,4-5,7H2,(H,12,14). The molecule has 0 radical (unpaired) electrons. The topological polar surface area (TPSA) is 49.3 Å². The Morgan fingerprint density at radius 3 is 2.93 bits per heavy atom. The summed E-state index contributed by atoms with van der Waals surface area (Å²) < 4.78 is 0. The third-order valence-corrected chi connectivity index (χ3v) is 2.61. The first kappa shape index (κ1) is 9.06. The summed E-state index contributed by atoms with van der Waals surface area (Å²) in [5, 5.41) is 12.1. The van der Waals surface area contributed by atoms with E-state index in [1.807, 2.05) is 12.1 Å². The molecular weight excluding hydrogens is 178 g/mol. The quantitative estimate of drug-likeness (QED) is 0.704. The minimum absolute atomic E-state index is 0.126. The Labute approximate surface area is 82.8 Å². The van der Waals surface area contributed by atoms with Crippen molar-refractivity contribution in [3.8, 4) is 5.75 Å². The maximum absolute atomic E-state index is 10.9. The molecule has 1 aliphatic rings. The lowest BCUT2D eigenvalue weighted by molar-refractivity contribution is -0.122. The van der Waals surface area contributed by atoms with Crippen LogP contribution in [-0.2, 0) is 4.79 Å². The number of nitrogens with one attached hydrogen (secondary N) is 1. The molecule has 1 aromatic rings. The van der Waals surface area contributed by atoms with E-state index in [4.69, 9.17) is 0 Å². The average Bonchev–Trinajstić information content (AvgIpc) is 2.19. The fraction of sp³-hybridized carbons (Fsp3) is 0.364. The van der Waals surface area contributed by atoms with Gasteiger partial charge in [-0.15, -0.1) is 0 Å². The lowest BCUT2D eigenvalue weighted by Crippen LogP contribution is -2.33. The number of carbonyl (C=O) groups is 1. The van der Waals surface area contributed by atoms with Gasteiger partial charge in [-0.05, 0) is 24.1 Å². The van der Waals surface area contributed by atoms with Gasteiger partial charge < -0.3 is 10.4 Å². The highest BCUT2D eigenvalue weighted by atomic mass is 16.3. The van der Waals surface area contributed by atoms with E-state index in [9.17, 15) is 9.90 Å². The summed E-state index contributed by atoms with van der Waals surface area (Å²) in [4.78, 5) is 10.9. The summed E-state index contributed by atoms with van der Waals surface area (Å²) in [7, 11) is 0. The Balaban J connectivity index is 2.12. The predicted octanol–water partition coefficient (Wildman–Crippen LogP) is 1.39. The van der Waals surface area contributed by atoms with Gasteiger partial charge in [0.25, 0.3) is 0 Å². The van der Waals surface area contributed by atoms with Crippen molar-refractivity contribution < 1.29 is 9.90 Å². The first-order valence-electron chi connectivity index (χ1n) is 4.81. The second kappa shape index (κ2) is 3.70. The first-order valence-corrected chi connectivity index (χ1v) is 4.81. The molecule has 0 saturated carbocycles. The van der Waals surface area contributed by atoms with Gasteiger partial charge in [0, 0.05) is 18.9 Å². The summed E-state index contributed by atoms with van der Waals surface area (Å²) in [6, 6.07) is 7.25. The molecule has 1 unspecified atom stereocenters. The summed E-state index contributed by atoms with van der Waals surface area (Å²) in [6.45, 7) is 0.683. The Bertz CT molecular complexity index is 339. The zero-order valence-electron chi connectivity index (χ0n) is 7.86. The van der Waals surface area contributed by atoms with Crippen molar-refractivity contribution in [3.63, 3.8) is 0 Å². The number of hydrogen-bond acceptors (Lipinski definition) is 2. The molecule has 74 valence electrons. The van der Waals surface area contributed by atoms with Crippen LogP contribution >= 0.6 is 0 Å². The largest absolute Gasteiger partial charge is 0.508 e. The van der Waals surface area contributed by atoms with E-state index in [1.165, 1.54) is 0 Å². The maximum Gasteiger partial charge on any atom is 0.220 e. The number of phenols is 1. The van der Waals surface area contributed by atoms with Crippen molar-refractivity contribution in [2.75, 3.05) is 6.54 Å². The number of carbonyl (C=O) groups excluding carboxylic acids is 1. The van der Waals surface area contributed by atoms with Crippen molar-refractivity contribution in [2.45, 2.75) is 18.8 Å². The molecule has 1 saturated heterocycles. The second-order valence-electron chi connectivity index (χ2n) is 3.63. The first-order chi connectivity index (χ1) is 6.75. The monoisotopic (exact) mass is 191 g/mol. The van der Waals surface area contributed by atoms with Crippen LogP contribution in [0.1, 0.15) is 24.3 Å². The molecule has 3 heteroatoms. The van der Waals surface area contributed by atoms with Crippen LogP contribution in [0.2, 0.25) is 0 Å². The van der Waals surface area contributed by atoms with E-state index in [1.54, 1.807) is 12.1 Å². The van der Waals surface area contributed by atoms with Gasteiger partial charge in [-0.2, -0.15) is 0 Å². The van der Waals surface area contributed by atoms with Crippen LogP contribution in [0.5, 0.6) is 5.75 Å². The van der Waals surface area contributed by atoms with Crippen LogP contribution in [0.4, 0.5) is 0 Å².